The fraction of sp³-hybridized carbons (Fsp3) is 0.500. The first kappa shape index (κ1) is 27.2. The van der Waals surface area contributed by atoms with Gasteiger partial charge in [0.1, 0.15) is 0 Å². The van der Waals surface area contributed by atoms with Crippen molar-refractivity contribution in [2.75, 3.05) is 45.8 Å². The molecule has 0 bridgehead atoms. The molecular formula is C26H33FN2O7S. The molecule has 0 spiro atoms. The largest absolute Gasteiger partial charge is 0.494 e. The summed E-state index contributed by atoms with van der Waals surface area (Å²) < 4.78 is 57.4. The van der Waals surface area contributed by atoms with E-state index in [-0.39, 0.29) is 24.8 Å². The van der Waals surface area contributed by atoms with Gasteiger partial charge in [0.2, 0.25) is 16.8 Å². The van der Waals surface area contributed by atoms with Gasteiger partial charge in [-0.25, -0.2) is 17.1 Å². The molecule has 0 amide bonds. The third-order valence-corrected chi connectivity index (χ3v) is 8.97. The molecule has 1 fully saturated rings. The summed E-state index contributed by atoms with van der Waals surface area (Å²) in [5.74, 6) is -1.75. The maximum Gasteiger partial charge on any atom is 0.309 e. The SMILES string of the molecule is CCCN(CCN1C[C@H](c2ccc3c(c2)OCO3)[C@@H](C(=O)O)[C@@H]1c1ccc(OC)c(F)c1)S(=O)(=O)CC. The van der Waals surface area contributed by atoms with Gasteiger partial charge in [0, 0.05) is 38.1 Å². The normalized spacial score (nSPS) is 21.5. The predicted molar refractivity (Wildman–Crippen MR) is 135 cm³/mol. The van der Waals surface area contributed by atoms with E-state index in [1.165, 1.54) is 23.5 Å². The number of carboxylic acid groups (broad SMARTS) is 1. The minimum Gasteiger partial charge on any atom is -0.494 e. The Kier molecular flexibility index (Phi) is 8.25. The molecule has 2 aliphatic heterocycles. The minimum absolute atomic E-state index is 0.0162. The second-order valence-corrected chi connectivity index (χ2v) is 11.5. The Labute approximate surface area is 216 Å². The molecule has 2 aromatic rings. The Morgan fingerprint density at radius 1 is 1.14 bits per heavy atom. The quantitative estimate of drug-likeness (QED) is 0.466. The van der Waals surface area contributed by atoms with Gasteiger partial charge in [-0.3, -0.25) is 9.69 Å². The van der Waals surface area contributed by atoms with Crippen LogP contribution in [0.3, 0.4) is 0 Å². The molecule has 202 valence electrons. The van der Waals surface area contributed by atoms with Crippen molar-refractivity contribution in [3.63, 3.8) is 0 Å². The molecule has 2 aliphatic rings. The molecule has 0 aliphatic carbocycles. The van der Waals surface area contributed by atoms with Crippen LogP contribution in [0.5, 0.6) is 17.2 Å². The first-order valence-electron chi connectivity index (χ1n) is 12.4. The van der Waals surface area contributed by atoms with E-state index in [1.807, 2.05) is 17.9 Å². The van der Waals surface area contributed by atoms with E-state index < -0.39 is 39.7 Å². The Balaban J connectivity index is 1.72. The monoisotopic (exact) mass is 536 g/mol. The number of halogens is 1. The molecule has 4 rings (SSSR count). The van der Waals surface area contributed by atoms with Crippen LogP contribution in [-0.2, 0) is 14.8 Å². The van der Waals surface area contributed by atoms with Crippen LogP contribution in [0.2, 0.25) is 0 Å². The lowest BCUT2D eigenvalue weighted by Crippen LogP contribution is -2.40. The van der Waals surface area contributed by atoms with Crippen molar-refractivity contribution in [2.24, 2.45) is 5.92 Å². The maximum absolute atomic E-state index is 14.7. The van der Waals surface area contributed by atoms with Crippen molar-refractivity contribution in [1.29, 1.82) is 0 Å². The van der Waals surface area contributed by atoms with Gasteiger partial charge in [-0.05, 0) is 48.7 Å². The van der Waals surface area contributed by atoms with E-state index in [1.54, 1.807) is 25.1 Å². The average Bonchev–Trinajstić information content (AvgIpc) is 3.50. The highest BCUT2D eigenvalue weighted by Gasteiger charge is 2.47. The van der Waals surface area contributed by atoms with Gasteiger partial charge >= 0.3 is 5.97 Å². The molecule has 0 saturated carbocycles. The van der Waals surface area contributed by atoms with E-state index in [4.69, 9.17) is 14.2 Å². The van der Waals surface area contributed by atoms with Gasteiger partial charge in [0.05, 0.1) is 18.8 Å². The van der Waals surface area contributed by atoms with Crippen LogP contribution < -0.4 is 14.2 Å². The van der Waals surface area contributed by atoms with Gasteiger partial charge in [0.25, 0.3) is 0 Å². The number of carboxylic acids is 1. The number of benzene rings is 2. The zero-order valence-corrected chi connectivity index (χ0v) is 22.0. The number of sulfonamides is 1. The molecule has 0 unspecified atom stereocenters. The van der Waals surface area contributed by atoms with Crippen LogP contribution in [0.15, 0.2) is 36.4 Å². The van der Waals surface area contributed by atoms with E-state index in [9.17, 15) is 22.7 Å². The molecule has 0 radical (unpaired) electrons. The van der Waals surface area contributed by atoms with E-state index in [0.717, 1.165) is 5.56 Å². The third-order valence-electron chi connectivity index (χ3n) is 7.09. The fourth-order valence-electron chi connectivity index (χ4n) is 5.27. The molecule has 9 nitrogen and oxygen atoms in total. The van der Waals surface area contributed by atoms with Gasteiger partial charge in [-0.2, -0.15) is 0 Å². The van der Waals surface area contributed by atoms with E-state index >= 15 is 0 Å². The number of aliphatic carboxylic acids is 1. The molecule has 1 saturated heterocycles. The lowest BCUT2D eigenvalue weighted by Gasteiger charge is -2.30. The van der Waals surface area contributed by atoms with Crippen LogP contribution in [-0.4, -0.2) is 74.5 Å². The van der Waals surface area contributed by atoms with Crippen LogP contribution >= 0.6 is 0 Å². The van der Waals surface area contributed by atoms with E-state index in [0.29, 0.717) is 43.1 Å². The highest BCUT2D eigenvalue weighted by atomic mass is 32.2. The van der Waals surface area contributed by atoms with E-state index in [2.05, 4.69) is 0 Å². The van der Waals surface area contributed by atoms with Gasteiger partial charge < -0.3 is 19.3 Å². The van der Waals surface area contributed by atoms with Crippen LogP contribution in [0.25, 0.3) is 0 Å². The second kappa shape index (κ2) is 11.2. The number of rotatable bonds is 11. The highest BCUT2D eigenvalue weighted by molar-refractivity contribution is 7.89. The maximum atomic E-state index is 14.7. The Morgan fingerprint density at radius 2 is 1.86 bits per heavy atom. The molecule has 1 N–H and O–H groups in total. The summed E-state index contributed by atoms with van der Waals surface area (Å²) >= 11 is 0. The predicted octanol–water partition coefficient (Wildman–Crippen LogP) is 3.47. The smallest absolute Gasteiger partial charge is 0.309 e. The summed E-state index contributed by atoms with van der Waals surface area (Å²) in [7, 11) is -2.06. The lowest BCUT2D eigenvalue weighted by atomic mass is 9.82. The lowest BCUT2D eigenvalue weighted by molar-refractivity contribution is -0.143. The molecule has 0 aromatic heterocycles. The van der Waals surface area contributed by atoms with Gasteiger partial charge in [-0.15, -0.1) is 0 Å². The standard InChI is InChI=1S/C26H33FN2O7S/c1-4-10-29(37(32,33)5-2)12-11-28-15-19(17-6-9-22-23(14-17)36-16-35-22)24(26(30)31)25(28)18-7-8-21(34-3)20(27)13-18/h6-9,13-14,19,24-25H,4-5,10-12,15-16H2,1-3H3,(H,30,31)/t19-,24-,25+/m1/s1. The molecule has 3 atom stereocenters. The van der Waals surface area contributed by atoms with Crippen molar-refractivity contribution >= 4 is 16.0 Å². The summed E-state index contributed by atoms with van der Waals surface area (Å²) in [6.07, 6.45) is 0.657. The van der Waals surface area contributed by atoms with Crippen molar-refractivity contribution < 1.29 is 36.9 Å². The Morgan fingerprint density at radius 3 is 2.51 bits per heavy atom. The third kappa shape index (κ3) is 5.53. The Hall–Kier alpha value is -2.89. The Bertz CT molecular complexity index is 1240. The second-order valence-electron chi connectivity index (χ2n) is 9.22. The minimum atomic E-state index is -3.43. The van der Waals surface area contributed by atoms with Crippen molar-refractivity contribution in [1.82, 2.24) is 9.21 Å². The van der Waals surface area contributed by atoms with Crippen molar-refractivity contribution in [3.05, 3.63) is 53.3 Å². The van der Waals surface area contributed by atoms with Crippen LogP contribution in [0.4, 0.5) is 4.39 Å². The van der Waals surface area contributed by atoms with Crippen molar-refractivity contribution in [3.8, 4) is 17.2 Å². The summed E-state index contributed by atoms with van der Waals surface area (Å²) in [4.78, 5) is 14.6. The number of hydrogen-bond acceptors (Lipinski definition) is 7. The molecule has 11 heteroatoms. The summed E-state index contributed by atoms with van der Waals surface area (Å²) in [6.45, 7) is 4.84. The summed E-state index contributed by atoms with van der Waals surface area (Å²) in [6, 6.07) is 9.17. The zero-order chi connectivity index (χ0) is 26.7. The summed E-state index contributed by atoms with van der Waals surface area (Å²) in [5, 5.41) is 10.4. The number of ether oxygens (including phenoxy) is 3. The van der Waals surface area contributed by atoms with Crippen LogP contribution in [0, 0.1) is 11.7 Å². The van der Waals surface area contributed by atoms with Gasteiger partial charge in [-0.1, -0.05) is 19.1 Å². The van der Waals surface area contributed by atoms with Gasteiger partial charge in [0.15, 0.2) is 23.1 Å². The average molecular weight is 537 g/mol. The number of likely N-dealkylation sites (tertiary alicyclic amines) is 1. The van der Waals surface area contributed by atoms with Crippen LogP contribution in [0.1, 0.15) is 43.4 Å². The topological polar surface area (TPSA) is 106 Å². The first-order valence-corrected chi connectivity index (χ1v) is 14.0. The number of hydrogen-bond donors (Lipinski definition) is 1. The molecule has 2 aromatic carbocycles. The number of nitrogens with zero attached hydrogens (tertiary/aromatic N) is 2. The number of fused-ring (bicyclic) bond motifs is 1. The first-order chi connectivity index (χ1) is 17.7. The zero-order valence-electron chi connectivity index (χ0n) is 21.2. The molecule has 2 heterocycles. The fourth-order valence-corrected chi connectivity index (χ4v) is 6.45. The van der Waals surface area contributed by atoms with Crippen molar-refractivity contribution in [2.45, 2.75) is 32.2 Å². The molecular weight excluding hydrogens is 503 g/mol. The molecule has 37 heavy (non-hydrogen) atoms. The highest BCUT2D eigenvalue weighted by Crippen LogP contribution is 2.48. The number of methoxy groups -OCH3 is 1. The summed E-state index contributed by atoms with van der Waals surface area (Å²) in [5.41, 5.74) is 1.26. The number of carbonyl (C=O) groups is 1.